The van der Waals surface area contributed by atoms with Gasteiger partial charge in [-0.25, -0.2) is 4.79 Å². The van der Waals surface area contributed by atoms with Crippen molar-refractivity contribution in [2.24, 2.45) is 0 Å². The number of para-hydroxylation sites is 1. The van der Waals surface area contributed by atoms with Crippen molar-refractivity contribution in [2.45, 2.75) is 57.4 Å². The summed E-state index contributed by atoms with van der Waals surface area (Å²) in [5.74, 6) is -0.480. The van der Waals surface area contributed by atoms with Crippen LogP contribution < -0.4 is 10.2 Å². The first-order chi connectivity index (χ1) is 12.6. The van der Waals surface area contributed by atoms with E-state index in [-0.39, 0.29) is 18.4 Å². The molecule has 140 valence electrons. The van der Waals surface area contributed by atoms with Crippen LogP contribution in [0.15, 0.2) is 30.3 Å². The van der Waals surface area contributed by atoms with Crippen molar-refractivity contribution < 1.29 is 14.4 Å². The lowest BCUT2D eigenvalue weighted by molar-refractivity contribution is -0.135. The van der Waals surface area contributed by atoms with E-state index in [9.17, 15) is 14.4 Å². The highest BCUT2D eigenvalue weighted by Crippen LogP contribution is 2.32. The average Bonchev–Trinajstić information content (AvgIpc) is 2.85. The van der Waals surface area contributed by atoms with Crippen LogP contribution in [0.25, 0.3) is 0 Å². The lowest BCUT2D eigenvalue weighted by Gasteiger charge is -2.29. The molecule has 0 atom stereocenters. The summed E-state index contributed by atoms with van der Waals surface area (Å²) < 4.78 is 0. The molecule has 0 aromatic heterocycles. The largest absolute Gasteiger partial charge is 0.325 e. The standard InChI is InChI=1S/C20H27N3O3/c1-2-22(16-11-7-6-8-12-16)17(24)15-23-18(25)20(21-19(23)26)13-9-4-3-5-10-14-20/h6-8,11-12H,2-5,9-10,13-15H2,1H3,(H,21,26). The molecule has 1 aliphatic heterocycles. The first-order valence-corrected chi connectivity index (χ1v) is 9.57. The lowest BCUT2D eigenvalue weighted by Crippen LogP contribution is -2.48. The Morgan fingerprint density at radius 3 is 2.31 bits per heavy atom. The highest BCUT2D eigenvalue weighted by atomic mass is 16.2. The van der Waals surface area contributed by atoms with Crippen molar-refractivity contribution in [3.8, 4) is 0 Å². The predicted octanol–water partition coefficient (Wildman–Crippen LogP) is 3.07. The molecule has 1 aromatic carbocycles. The molecule has 0 radical (unpaired) electrons. The fraction of sp³-hybridized carbons (Fsp3) is 0.550. The van der Waals surface area contributed by atoms with Crippen molar-refractivity contribution in [1.82, 2.24) is 10.2 Å². The molecule has 1 aromatic rings. The maximum Gasteiger partial charge on any atom is 0.325 e. The van der Waals surface area contributed by atoms with Crippen LogP contribution in [-0.2, 0) is 9.59 Å². The van der Waals surface area contributed by atoms with Crippen molar-refractivity contribution in [2.75, 3.05) is 18.0 Å². The second kappa shape index (κ2) is 7.89. The molecule has 2 fully saturated rings. The molecule has 1 saturated carbocycles. The van der Waals surface area contributed by atoms with Crippen LogP contribution in [-0.4, -0.2) is 41.4 Å². The van der Waals surface area contributed by atoms with E-state index in [1.807, 2.05) is 37.3 Å². The first kappa shape index (κ1) is 18.4. The number of urea groups is 1. The minimum absolute atomic E-state index is 0.213. The maximum atomic E-state index is 13.0. The molecule has 1 aliphatic carbocycles. The van der Waals surface area contributed by atoms with E-state index >= 15 is 0 Å². The Kier molecular flexibility index (Phi) is 5.59. The molecule has 1 saturated heterocycles. The van der Waals surface area contributed by atoms with Gasteiger partial charge in [0.05, 0.1) is 0 Å². The van der Waals surface area contributed by atoms with Gasteiger partial charge in [0.25, 0.3) is 5.91 Å². The number of hydrogen-bond donors (Lipinski definition) is 1. The number of imide groups is 1. The van der Waals surface area contributed by atoms with Crippen LogP contribution >= 0.6 is 0 Å². The number of nitrogens with zero attached hydrogens (tertiary/aromatic N) is 2. The Morgan fingerprint density at radius 1 is 1.08 bits per heavy atom. The monoisotopic (exact) mass is 357 g/mol. The van der Waals surface area contributed by atoms with Gasteiger partial charge in [-0.3, -0.25) is 14.5 Å². The van der Waals surface area contributed by atoms with Crippen molar-refractivity contribution in [3.05, 3.63) is 30.3 Å². The van der Waals surface area contributed by atoms with Gasteiger partial charge in [0.1, 0.15) is 12.1 Å². The second-order valence-corrected chi connectivity index (χ2v) is 7.14. The quantitative estimate of drug-likeness (QED) is 0.842. The first-order valence-electron chi connectivity index (χ1n) is 9.57. The summed E-state index contributed by atoms with van der Waals surface area (Å²) in [6.45, 7) is 2.15. The third kappa shape index (κ3) is 3.59. The fourth-order valence-electron chi connectivity index (χ4n) is 4.00. The average molecular weight is 357 g/mol. The lowest BCUT2D eigenvalue weighted by atomic mass is 9.84. The molecule has 26 heavy (non-hydrogen) atoms. The summed E-state index contributed by atoms with van der Waals surface area (Å²) >= 11 is 0. The summed E-state index contributed by atoms with van der Waals surface area (Å²) in [5.41, 5.74) is -0.0330. The molecule has 1 N–H and O–H groups in total. The SMILES string of the molecule is CCN(C(=O)CN1C(=O)NC2(CCCCCCC2)C1=O)c1ccccc1. The fourth-order valence-corrected chi connectivity index (χ4v) is 4.00. The topological polar surface area (TPSA) is 69.7 Å². The molecule has 0 unspecified atom stereocenters. The van der Waals surface area contributed by atoms with Crippen LogP contribution in [0.4, 0.5) is 10.5 Å². The Hall–Kier alpha value is -2.37. The van der Waals surface area contributed by atoms with Crippen LogP contribution in [0.3, 0.4) is 0 Å². The van der Waals surface area contributed by atoms with E-state index in [1.54, 1.807) is 4.90 Å². The molecule has 6 heteroatoms. The molecular formula is C20H27N3O3. The van der Waals surface area contributed by atoms with Gasteiger partial charge in [-0.15, -0.1) is 0 Å². The third-order valence-electron chi connectivity index (χ3n) is 5.43. The molecule has 1 heterocycles. The number of amides is 4. The summed E-state index contributed by atoms with van der Waals surface area (Å²) in [7, 11) is 0. The Morgan fingerprint density at radius 2 is 1.69 bits per heavy atom. The summed E-state index contributed by atoms with van der Waals surface area (Å²) in [4.78, 5) is 41.0. The highest BCUT2D eigenvalue weighted by molar-refractivity contribution is 6.10. The van der Waals surface area contributed by atoms with E-state index < -0.39 is 11.6 Å². The van der Waals surface area contributed by atoms with E-state index in [2.05, 4.69) is 5.32 Å². The van der Waals surface area contributed by atoms with Gasteiger partial charge in [-0.05, 0) is 31.9 Å². The van der Waals surface area contributed by atoms with Crippen LogP contribution in [0, 0.1) is 0 Å². The van der Waals surface area contributed by atoms with E-state index in [1.165, 1.54) is 6.42 Å². The van der Waals surface area contributed by atoms with E-state index in [0.29, 0.717) is 19.4 Å². The van der Waals surface area contributed by atoms with Gasteiger partial charge < -0.3 is 10.2 Å². The van der Waals surface area contributed by atoms with Gasteiger partial charge in [0.15, 0.2) is 0 Å². The minimum Gasteiger partial charge on any atom is -0.323 e. The maximum absolute atomic E-state index is 13.0. The Balaban J connectivity index is 1.73. The molecule has 3 rings (SSSR count). The number of carbonyl (C=O) groups excluding carboxylic acids is 3. The smallest absolute Gasteiger partial charge is 0.323 e. The number of benzene rings is 1. The number of nitrogens with one attached hydrogen (secondary N) is 1. The van der Waals surface area contributed by atoms with Crippen molar-refractivity contribution in [3.63, 3.8) is 0 Å². The van der Waals surface area contributed by atoms with Gasteiger partial charge in [0.2, 0.25) is 5.91 Å². The van der Waals surface area contributed by atoms with Crippen LogP contribution in [0.1, 0.15) is 51.9 Å². The Bertz CT molecular complexity index is 666. The number of hydrogen-bond acceptors (Lipinski definition) is 3. The van der Waals surface area contributed by atoms with Gasteiger partial charge in [-0.1, -0.05) is 50.3 Å². The zero-order valence-corrected chi connectivity index (χ0v) is 15.4. The van der Waals surface area contributed by atoms with Crippen molar-refractivity contribution >= 4 is 23.5 Å². The number of carbonyl (C=O) groups is 3. The molecule has 1 spiro atoms. The highest BCUT2D eigenvalue weighted by Gasteiger charge is 2.51. The summed E-state index contributed by atoms with van der Waals surface area (Å²) in [6.07, 6.45) is 6.54. The van der Waals surface area contributed by atoms with Gasteiger partial charge in [0, 0.05) is 12.2 Å². The molecule has 0 bridgehead atoms. The molecule has 4 amide bonds. The second-order valence-electron chi connectivity index (χ2n) is 7.14. The normalized spacial score (nSPS) is 19.8. The minimum atomic E-state index is -0.804. The van der Waals surface area contributed by atoms with Crippen molar-refractivity contribution in [1.29, 1.82) is 0 Å². The third-order valence-corrected chi connectivity index (χ3v) is 5.43. The number of anilines is 1. The predicted molar refractivity (Wildman–Crippen MR) is 99.8 cm³/mol. The summed E-state index contributed by atoms with van der Waals surface area (Å²) in [6, 6.07) is 8.88. The zero-order chi connectivity index (χ0) is 18.6. The summed E-state index contributed by atoms with van der Waals surface area (Å²) in [5, 5.41) is 2.91. The van der Waals surface area contributed by atoms with Gasteiger partial charge in [-0.2, -0.15) is 0 Å². The van der Waals surface area contributed by atoms with Crippen LogP contribution in [0.2, 0.25) is 0 Å². The molecule has 6 nitrogen and oxygen atoms in total. The zero-order valence-electron chi connectivity index (χ0n) is 15.4. The van der Waals surface area contributed by atoms with E-state index in [4.69, 9.17) is 0 Å². The molecule has 2 aliphatic rings. The number of rotatable bonds is 4. The molecular weight excluding hydrogens is 330 g/mol. The Labute approximate surface area is 154 Å². The van der Waals surface area contributed by atoms with Crippen LogP contribution in [0.5, 0.6) is 0 Å². The van der Waals surface area contributed by atoms with Gasteiger partial charge >= 0.3 is 6.03 Å². The van der Waals surface area contributed by atoms with E-state index in [0.717, 1.165) is 36.3 Å². The number of likely N-dealkylation sites (N-methyl/N-ethyl adjacent to an activating group) is 1.